The van der Waals surface area contributed by atoms with Crippen LogP contribution in [-0.4, -0.2) is 55.5 Å². The molecule has 0 bridgehead atoms. The van der Waals surface area contributed by atoms with E-state index in [0.717, 1.165) is 31.8 Å². The number of nitrogens with one attached hydrogen (secondary N) is 3. The molecular weight excluding hydrogens is 447 g/mol. The molecule has 0 spiro atoms. The van der Waals surface area contributed by atoms with Crippen LogP contribution in [0.4, 0.5) is 4.79 Å². The summed E-state index contributed by atoms with van der Waals surface area (Å²) in [6.07, 6.45) is 2.29. The van der Waals surface area contributed by atoms with Gasteiger partial charge in [0.25, 0.3) is 0 Å². The van der Waals surface area contributed by atoms with E-state index < -0.39 is 11.7 Å². The third-order valence-corrected chi connectivity index (χ3v) is 4.14. The first-order valence-corrected chi connectivity index (χ1v) is 9.31. The van der Waals surface area contributed by atoms with Gasteiger partial charge < -0.3 is 25.8 Å². The fourth-order valence-corrected chi connectivity index (χ4v) is 2.39. The van der Waals surface area contributed by atoms with Gasteiger partial charge in [0, 0.05) is 32.8 Å². The number of guanidine groups is 1. The summed E-state index contributed by atoms with van der Waals surface area (Å²) in [7, 11) is 0. The van der Waals surface area contributed by atoms with Crippen molar-refractivity contribution in [3.05, 3.63) is 0 Å². The second-order valence-corrected chi connectivity index (χ2v) is 7.23. The van der Waals surface area contributed by atoms with Gasteiger partial charge in [-0.05, 0) is 52.4 Å². The van der Waals surface area contributed by atoms with E-state index in [0.29, 0.717) is 19.6 Å². The largest absolute Gasteiger partial charge is 0.444 e. The number of halogens is 1. The van der Waals surface area contributed by atoms with Crippen LogP contribution in [0.1, 0.15) is 60.8 Å². The maximum atomic E-state index is 11.6. The Morgan fingerprint density at radius 3 is 2.08 bits per heavy atom. The molecule has 0 aliphatic heterocycles. The molecule has 4 N–H and O–H groups in total. The minimum absolute atomic E-state index is 0. The molecule has 7 nitrogen and oxygen atoms in total. The molecule has 26 heavy (non-hydrogen) atoms. The average Bonchev–Trinajstić information content (AvgIpc) is 2.53. The quantitative estimate of drug-likeness (QED) is 0.165. The molecule has 0 heterocycles. The number of aliphatic hydroxyl groups excluding tert-OH is 1. The SMILES string of the molecule is CCNC(=NCC(CC)(CC)CCO)NCCNC(=O)OC(C)(C)C.I. The summed E-state index contributed by atoms with van der Waals surface area (Å²) in [6, 6.07) is 0. The molecule has 0 saturated heterocycles. The minimum Gasteiger partial charge on any atom is -0.444 e. The van der Waals surface area contributed by atoms with Gasteiger partial charge in [-0.1, -0.05) is 13.8 Å². The minimum atomic E-state index is -0.496. The van der Waals surface area contributed by atoms with Gasteiger partial charge in [0.2, 0.25) is 0 Å². The smallest absolute Gasteiger partial charge is 0.407 e. The lowest BCUT2D eigenvalue weighted by Gasteiger charge is -2.29. The molecule has 8 heteroatoms. The normalized spacial score (nSPS) is 12.2. The van der Waals surface area contributed by atoms with E-state index in [2.05, 4.69) is 34.8 Å². The molecule has 0 unspecified atom stereocenters. The molecule has 0 aromatic rings. The van der Waals surface area contributed by atoms with Crippen molar-refractivity contribution in [2.75, 3.05) is 32.8 Å². The van der Waals surface area contributed by atoms with Gasteiger partial charge >= 0.3 is 6.09 Å². The highest BCUT2D eigenvalue weighted by Gasteiger charge is 2.25. The van der Waals surface area contributed by atoms with Crippen LogP contribution in [0.25, 0.3) is 0 Å². The number of aliphatic imine (C=N–C) groups is 1. The van der Waals surface area contributed by atoms with Crippen molar-refractivity contribution in [3.63, 3.8) is 0 Å². The molecule has 0 radical (unpaired) electrons. The van der Waals surface area contributed by atoms with Gasteiger partial charge in [-0.15, -0.1) is 24.0 Å². The van der Waals surface area contributed by atoms with Crippen molar-refractivity contribution < 1.29 is 14.6 Å². The molecule has 0 saturated carbocycles. The van der Waals surface area contributed by atoms with E-state index in [4.69, 9.17) is 4.74 Å². The van der Waals surface area contributed by atoms with Crippen LogP contribution >= 0.6 is 24.0 Å². The monoisotopic (exact) mass is 486 g/mol. The van der Waals surface area contributed by atoms with E-state index in [-0.39, 0.29) is 36.0 Å². The molecular formula is C18H39IN4O3. The zero-order valence-corrected chi connectivity index (χ0v) is 19.6. The topological polar surface area (TPSA) is 95.0 Å². The number of rotatable bonds is 10. The van der Waals surface area contributed by atoms with Crippen molar-refractivity contribution in [1.29, 1.82) is 0 Å². The molecule has 0 aromatic heterocycles. The Labute approximate surface area is 176 Å². The van der Waals surface area contributed by atoms with Crippen molar-refractivity contribution in [1.82, 2.24) is 16.0 Å². The lowest BCUT2D eigenvalue weighted by Crippen LogP contribution is -2.43. The van der Waals surface area contributed by atoms with Gasteiger partial charge in [-0.3, -0.25) is 4.99 Å². The first-order valence-electron chi connectivity index (χ1n) is 9.31. The average molecular weight is 486 g/mol. The summed E-state index contributed by atoms with van der Waals surface area (Å²) < 4.78 is 5.19. The van der Waals surface area contributed by atoms with Crippen LogP contribution in [0.3, 0.4) is 0 Å². The summed E-state index contributed by atoms with van der Waals surface area (Å²) in [4.78, 5) is 16.3. The molecule has 0 fully saturated rings. The Bertz CT molecular complexity index is 408. The van der Waals surface area contributed by atoms with E-state index in [9.17, 15) is 9.90 Å². The van der Waals surface area contributed by atoms with Crippen LogP contribution < -0.4 is 16.0 Å². The zero-order chi connectivity index (χ0) is 19.3. The highest BCUT2D eigenvalue weighted by molar-refractivity contribution is 14.0. The Morgan fingerprint density at radius 1 is 1.04 bits per heavy atom. The van der Waals surface area contributed by atoms with Crippen molar-refractivity contribution >= 4 is 36.0 Å². The number of ether oxygens (including phenoxy) is 1. The number of amides is 1. The van der Waals surface area contributed by atoms with Crippen molar-refractivity contribution in [2.45, 2.75) is 66.4 Å². The van der Waals surface area contributed by atoms with Crippen LogP contribution in [-0.2, 0) is 4.74 Å². The Morgan fingerprint density at radius 2 is 1.62 bits per heavy atom. The van der Waals surface area contributed by atoms with E-state index in [1.54, 1.807) is 0 Å². The number of alkyl carbamates (subject to hydrolysis) is 1. The number of carbonyl (C=O) groups is 1. The second-order valence-electron chi connectivity index (χ2n) is 7.23. The number of hydrogen-bond acceptors (Lipinski definition) is 4. The fraction of sp³-hybridized carbons (Fsp3) is 0.889. The standard InChI is InChI=1S/C18H38N4O3.HI/c1-7-18(8-2,10-13-23)14-22-15(19-9-3)20-11-12-21-16(24)25-17(4,5)6;/h23H,7-14H2,1-6H3,(H,21,24)(H2,19,20,22);1H. The summed E-state index contributed by atoms with van der Waals surface area (Å²) in [5, 5.41) is 18.4. The van der Waals surface area contributed by atoms with E-state index in [1.807, 2.05) is 27.7 Å². The highest BCUT2D eigenvalue weighted by atomic mass is 127. The van der Waals surface area contributed by atoms with Gasteiger partial charge in [-0.25, -0.2) is 4.79 Å². The molecule has 0 aliphatic carbocycles. The Kier molecular flexibility index (Phi) is 15.1. The number of nitrogens with zero attached hydrogens (tertiary/aromatic N) is 1. The summed E-state index contributed by atoms with van der Waals surface area (Å²) in [6.45, 7) is 14.4. The zero-order valence-electron chi connectivity index (χ0n) is 17.3. The maximum absolute atomic E-state index is 11.6. The van der Waals surface area contributed by atoms with Crippen LogP contribution in [0.2, 0.25) is 0 Å². The van der Waals surface area contributed by atoms with Gasteiger partial charge in [0.05, 0.1) is 0 Å². The molecule has 0 rings (SSSR count). The number of hydrogen-bond donors (Lipinski definition) is 4. The van der Waals surface area contributed by atoms with Crippen molar-refractivity contribution in [3.8, 4) is 0 Å². The first kappa shape index (κ1) is 27.4. The number of aliphatic hydroxyl groups is 1. The van der Waals surface area contributed by atoms with E-state index in [1.165, 1.54) is 0 Å². The van der Waals surface area contributed by atoms with Crippen LogP contribution in [0.15, 0.2) is 4.99 Å². The van der Waals surface area contributed by atoms with Crippen LogP contribution in [0, 0.1) is 5.41 Å². The Hall–Kier alpha value is -0.770. The predicted octanol–water partition coefficient (Wildman–Crippen LogP) is 2.87. The molecule has 1 amide bonds. The molecule has 156 valence electrons. The summed E-state index contributed by atoms with van der Waals surface area (Å²) in [5.41, 5.74) is -0.462. The van der Waals surface area contributed by atoms with Crippen LogP contribution in [0.5, 0.6) is 0 Å². The fourth-order valence-electron chi connectivity index (χ4n) is 2.39. The molecule has 0 atom stereocenters. The lowest BCUT2D eigenvalue weighted by atomic mass is 9.79. The molecule has 0 aromatic carbocycles. The van der Waals surface area contributed by atoms with Gasteiger partial charge in [0.15, 0.2) is 5.96 Å². The third kappa shape index (κ3) is 12.6. The second kappa shape index (κ2) is 14.3. The van der Waals surface area contributed by atoms with E-state index >= 15 is 0 Å². The third-order valence-electron chi connectivity index (χ3n) is 4.14. The summed E-state index contributed by atoms with van der Waals surface area (Å²) >= 11 is 0. The maximum Gasteiger partial charge on any atom is 0.407 e. The molecule has 0 aliphatic rings. The van der Waals surface area contributed by atoms with Gasteiger partial charge in [0.1, 0.15) is 5.60 Å². The van der Waals surface area contributed by atoms with Gasteiger partial charge in [-0.2, -0.15) is 0 Å². The lowest BCUT2D eigenvalue weighted by molar-refractivity contribution is 0.0529. The summed E-state index contributed by atoms with van der Waals surface area (Å²) in [5.74, 6) is 0.720. The van der Waals surface area contributed by atoms with Crippen molar-refractivity contribution in [2.24, 2.45) is 10.4 Å². The number of carbonyl (C=O) groups excluding carboxylic acids is 1. The Balaban J connectivity index is 0. The highest BCUT2D eigenvalue weighted by Crippen LogP contribution is 2.30. The predicted molar refractivity (Wildman–Crippen MR) is 118 cm³/mol. The first-order chi connectivity index (χ1) is 11.7.